The first-order valence-corrected chi connectivity index (χ1v) is 13.7. The lowest BCUT2D eigenvalue weighted by Gasteiger charge is -2.19. The van der Waals surface area contributed by atoms with Gasteiger partial charge in [0.1, 0.15) is 12.2 Å². The van der Waals surface area contributed by atoms with Crippen LogP contribution in [0.15, 0.2) is 18.9 Å². The van der Waals surface area contributed by atoms with Gasteiger partial charge >= 0.3 is 0 Å². The van der Waals surface area contributed by atoms with Gasteiger partial charge < -0.3 is 35.3 Å². The number of nitrogens with zero attached hydrogens (tertiary/aromatic N) is 6. The Morgan fingerprint density at radius 1 is 1.11 bits per heavy atom. The van der Waals surface area contributed by atoms with Crippen LogP contribution in [-0.4, -0.2) is 76.0 Å². The molecule has 1 saturated carbocycles. The zero-order chi connectivity index (χ0) is 27.4. The summed E-state index contributed by atoms with van der Waals surface area (Å²) >= 11 is 0. The number of nitrogens with one attached hydrogen (secondary N) is 3. The van der Waals surface area contributed by atoms with E-state index in [4.69, 9.17) is 9.97 Å². The summed E-state index contributed by atoms with van der Waals surface area (Å²) in [6.07, 6.45) is 6.59. The molecule has 12 nitrogen and oxygen atoms in total. The van der Waals surface area contributed by atoms with Crippen molar-refractivity contribution in [3.8, 4) is 0 Å². The molecule has 0 bridgehead atoms. The molecule has 3 heterocycles. The summed E-state index contributed by atoms with van der Waals surface area (Å²) in [5.74, 6) is 0.902. The fourth-order valence-corrected chi connectivity index (χ4v) is 4.85. The standard InChI is InChI=1S/C26H41N9O3/c1-6-16(7-2)30-24-21-25(33-26(32-24)27-10-9-17-12-34(13-28-17)15(4)5)35(14-29-21)19-11-18(22(37)23(19)38)31-20(36)8-3/h12-16,18-19,22-23,37-38H,6-11H2,1-5H3,(H,31,36)(H2,27,30,32,33). The zero-order valence-electron chi connectivity index (χ0n) is 22.9. The molecule has 1 aliphatic carbocycles. The van der Waals surface area contributed by atoms with Gasteiger partial charge in [-0.25, -0.2) is 9.97 Å². The molecule has 3 aromatic heterocycles. The predicted molar refractivity (Wildman–Crippen MR) is 146 cm³/mol. The van der Waals surface area contributed by atoms with E-state index in [2.05, 4.69) is 58.2 Å². The van der Waals surface area contributed by atoms with Gasteiger partial charge in [0.15, 0.2) is 17.0 Å². The molecule has 1 amide bonds. The summed E-state index contributed by atoms with van der Waals surface area (Å²) in [6.45, 7) is 10.8. The number of hydrogen-bond acceptors (Lipinski definition) is 9. The van der Waals surface area contributed by atoms with Crippen molar-refractivity contribution in [1.29, 1.82) is 0 Å². The highest BCUT2D eigenvalue weighted by molar-refractivity contribution is 5.84. The molecule has 0 radical (unpaired) electrons. The molecule has 1 aliphatic rings. The van der Waals surface area contributed by atoms with Crippen LogP contribution in [0.5, 0.6) is 0 Å². The molecule has 0 aromatic carbocycles. The molecule has 4 rings (SSSR count). The largest absolute Gasteiger partial charge is 0.388 e. The van der Waals surface area contributed by atoms with Crippen molar-refractivity contribution < 1.29 is 15.0 Å². The number of aliphatic hydroxyl groups is 2. The van der Waals surface area contributed by atoms with Gasteiger partial charge in [-0.15, -0.1) is 0 Å². The Kier molecular flexibility index (Phi) is 8.83. The van der Waals surface area contributed by atoms with Crippen molar-refractivity contribution >= 4 is 28.8 Å². The van der Waals surface area contributed by atoms with E-state index in [0.717, 1.165) is 18.5 Å². The monoisotopic (exact) mass is 527 g/mol. The average molecular weight is 528 g/mol. The van der Waals surface area contributed by atoms with Gasteiger partial charge in [0.05, 0.1) is 30.4 Å². The van der Waals surface area contributed by atoms with Gasteiger partial charge in [-0.3, -0.25) is 4.79 Å². The van der Waals surface area contributed by atoms with Crippen LogP contribution in [-0.2, 0) is 11.2 Å². The fraction of sp³-hybridized carbons (Fsp3) is 0.654. The third-order valence-electron chi connectivity index (χ3n) is 7.34. The van der Waals surface area contributed by atoms with Gasteiger partial charge in [0.25, 0.3) is 0 Å². The van der Waals surface area contributed by atoms with Crippen LogP contribution in [0.25, 0.3) is 11.2 Å². The Balaban J connectivity index is 1.61. The lowest BCUT2D eigenvalue weighted by molar-refractivity contribution is -0.122. The Morgan fingerprint density at radius 3 is 2.53 bits per heavy atom. The summed E-state index contributed by atoms with van der Waals surface area (Å²) in [6, 6.07) is -0.472. The molecule has 12 heteroatoms. The molecule has 1 fully saturated rings. The second kappa shape index (κ2) is 12.1. The molecule has 0 saturated heterocycles. The quantitative estimate of drug-likeness (QED) is 0.239. The normalized spacial score (nSPS) is 21.5. The minimum atomic E-state index is -1.08. The molecule has 5 N–H and O–H groups in total. The summed E-state index contributed by atoms with van der Waals surface area (Å²) < 4.78 is 3.86. The first-order valence-electron chi connectivity index (χ1n) is 13.7. The van der Waals surface area contributed by atoms with E-state index in [0.29, 0.717) is 54.8 Å². The molecule has 3 aromatic rings. The Bertz CT molecular complexity index is 1220. The predicted octanol–water partition coefficient (Wildman–Crippen LogP) is 2.42. The highest BCUT2D eigenvalue weighted by Crippen LogP contribution is 2.34. The van der Waals surface area contributed by atoms with Crippen LogP contribution in [0, 0.1) is 0 Å². The van der Waals surface area contributed by atoms with Crippen LogP contribution in [0.4, 0.5) is 11.8 Å². The molecular weight excluding hydrogens is 486 g/mol. The van der Waals surface area contributed by atoms with E-state index in [1.54, 1.807) is 17.8 Å². The van der Waals surface area contributed by atoms with E-state index in [9.17, 15) is 15.0 Å². The van der Waals surface area contributed by atoms with Gasteiger partial charge in [-0.2, -0.15) is 9.97 Å². The number of aliphatic hydroxyl groups excluding tert-OH is 2. The van der Waals surface area contributed by atoms with Crippen molar-refractivity contribution in [1.82, 2.24) is 34.4 Å². The Labute approximate surface area is 223 Å². The third kappa shape index (κ3) is 5.91. The number of anilines is 2. The number of fused-ring (bicyclic) bond motifs is 1. The van der Waals surface area contributed by atoms with Crippen LogP contribution in [0.1, 0.15) is 78.1 Å². The number of aromatic nitrogens is 6. The van der Waals surface area contributed by atoms with Crippen LogP contribution >= 0.6 is 0 Å². The maximum Gasteiger partial charge on any atom is 0.226 e. The number of carbonyl (C=O) groups is 1. The molecule has 38 heavy (non-hydrogen) atoms. The average Bonchev–Trinajstić information content (AvgIpc) is 3.62. The van der Waals surface area contributed by atoms with Crippen molar-refractivity contribution in [3.05, 3.63) is 24.5 Å². The van der Waals surface area contributed by atoms with Crippen LogP contribution in [0.3, 0.4) is 0 Å². The second-order valence-electron chi connectivity index (χ2n) is 10.3. The van der Waals surface area contributed by atoms with E-state index in [-0.39, 0.29) is 11.9 Å². The SMILES string of the molecule is CCC(=O)NC1CC(n2cnc3c(NC(CC)CC)nc(NCCc4cn(C(C)C)cn4)nc32)C(O)C1O. The Morgan fingerprint density at radius 2 is 1.87 bits per heavy atom. The molecule has 0 spiro atoms. The molecule has 4 atom stereocenters. The van der Waals surface area contributed by atoms with Crippen LogP contribution < -0.4 is 16.0 Å². The summed E-state index contributed by atoms with van der Waals surface area (Å²) in [4.78, 5) is 30.5. The minimum Gasteiger partial charge on any atom is -0.388 e. The zero-order valence-corrected chi connectivity index (χ0v) is 22.9. The molecule has 4 unspecified atom stereocenters. The summed E-state index contributed by atoms with van der Waals surface area (Å²) in [7, 11) is 0. The van der Waals surface area contributed by atoms with Crippen molar-refractivity contribution in [2.24, 2.45) is 0 Å². The summed E-state index contributed by atoms with van der Waals surface area (Å²) in [5, 5.41) is 31.2. The van der Waals surface area contributed by atoms with Crippen molar-refractivity contribution in [2.75, 3.05) is 17.2 Å². The van der Waals surface area contributed by atoms with E-state index < -0.39 is 24.3 Å². The van der Waals surface area contributed by atoms with Gasteiger partial charge in [-0.05, 0) is 33.1 Å². The van der Waals surface area contributed by atoms with Crippen molar-refractivity contribution in [3.63, 3.8) is 0 Å². The van der Waals surface area contributed by atoms with Gasteiger partial charge in [0.2, 0.25) is 11.9 Å². The van der Waals surface area contributed by atoms with E-state index in [1.165, 1.54) is 0 Å². The molecule has 208 valence electrons. The molecule has 0 aliphatic heterocycles. The first-order chi connectivity index (χ1) is 18.2. The Hall–Kier alpha value is -3.25. The molecular formula is C26H41N9O3. The lowest BCUT2D eigenvalue weighted by Crippen LogP contribution is -2.42. The number of hydrogen-bond donors (Lipinski definition) is 5. The summed E-state index contributed by atoms with van der Waals surface area (Å²) in [5.41, 5.74) is 2.13. The number of rotatable bonds is 12. The minimum absolute atomic E-state index is 0.166. The maximum absolute atomic E-state index is 11.9. The topological polar surface area (TPSA) is 155 Å². The number of amides is 1. The van der Waals surface area contributed by atoms with E-state index >= 15 is 0 Å². The first kappa shape index (κ1) is 27.8. The van der Waals surface area contributed by atoms with Crippen LogP contribution in [0.2, 0.25) is 0 Å². The lowest BCUT2D eigenvalue weighted by atomic mass is 10.2. The highest BCUT2D eigenvalue weighted by atomic mass is 16.3. The third-order valence-corrected chi connectivity index (χ3v) is 7.34. The highest BCUT2D eigenvalue weighted by Gasteiger charge is 2.43. The van der Waals surface area contributed by atoms with Gasteiger partial charge in [-0.1, -0.05) is 20.8 Å². The fourth-order valence-electron chi connectivity index (χ4n) is 4.85. The van der Waals surface area contributed by atoms with Gasteiger partial charge in [0, 0.05) is 37.7 Å². The van der Waals surface area contributed by atoms with Crippen molar-refractivity contribution in [2.45, 2.75) is 103 Å². The smallest absolute Gasteiger partial charge is 0.226 e. The van der Waals surface area contributed by atoms with E-state index in [1.807, 2.05) is 12.5 Å². The number of imidazole rings is 2. The second-order valence-corrected chi connectivity index (χ2v) is 10.3. The maximum atomic E-state index is 11.9. The number of carbonyl (C=O) groups excluding carboxylic acids is 1.